The molecule has 2 aliphatic rings. The number of nitrogens with two attached hydrogens (primary N) is 1. The van der Waals surface area contributed by atoms with E-state index in [2.05, 4.69) is 17.9 Å². The molecule has 0 spiro atoms. The normalized spacial score (nSPS) is 20.1. The Labute approximate surface area is 247 Å². The van der Waals surface area contributed by atoms with E-state index in [0.29, 0.717) is 45.8 Å². The fraction of sp³-hybridized carbons (Fsp3) is 0.515. The molecule has 4 N–H and O–H groups in total. The van der Waals surface area contributed by atoms with Crippen molar-refractivity contribution in [3.05, 3.63) is 59.8 Å². The molecule has 2 aliphatic heterocycles. The Balaban J connectivity index is 1.42. The summed E-state index contributed by atoms with van der Waals surface area (Å²) in [6, 6.07) is 13.3. The fourth-order valence-electron chi connectivity index (χ4n) is 6.70. The summed E-state index contributed by atoms with van der Waals surface area (Å²) in [6.45, 7) is 5.81. The number of likely N-dealkylation sites (tertiary alicyclic amines) is 1. The lowest BCUT2D eigenvalue weighted by Gasteiger charge is -2.30. The standard InChI is InChI=1S/C33H44N4O5/c1-2-3-15-35(16-7-6-14-34)30(38)22-37-21-27(23-10-11-29-24(19-23)13-18-42-29)31(33(40)41)28(37)12-17-36-20-25-8-4-5-9-26(25)32(36)39/h4-5,8-11,19-20,27-28,31,39H,2-3,6-7,12-18,21-22,34H2,1H3,(H,40,41)/t27-,28+,31-/m1/s1. The maximum atomic E-state index is 13.7. The lowest BCUT2D eigenvalue weighted by atomic mass is 9.83. The molecular weight excluding hydrogens is 532 g/mol. The minimum absolute atomic E-state index is 0.0344. The molecule has 0 unspecified atom stereocenters. The van der Waals surface area contributed by atoms with Crippen molar-refractivity contribution >= 4 is 22.6 Å². The number of rotatable bonds is 14. The second-order valence-corrected chi connectivity index (χ2v) is 11.7. The van der Waals surface area contributed by atoms with E-state index in [-0.39, 0.29) is 30.3 Å². The number of carboxylic acids is 1. The number of ether oxygens (including phenoxy) is 1. The first kappa shape index (κ1) is 29.9. The van der Waals surface area contributed by atoms with E-state index < -0.39 is 11.9 Å². The SMILES string of the molecule is CCCCN(CCCCN)C(=O)CN1C[C@H](c2ccc3c(c2)CCO3)[C@@H](C(=O)O)[C@@H]1CCn1cc2ccccc2c1O. The van der Waals surface area contributed by atoms with Gasteiger partial charge in [-0.05, 0) is 55.5 Å². The fourth-order valence-corrected chi connectivity index (χ4v) is 6.70. The number of unbranched alkanes of at least 4 members (excludes halogenated alkanes) is 2. The maximum absolute atomic E-state index is 13.7. The molecule has 1 saturated heterocycles. The molecule has 3 atom stereocenters. The number of hydrogen-bond acceptors (Lipinski definition) is 6. The molecule has 0 radical (unpaired) electrons. The van der Waals surface area contributed by atoms with E-state index in [4.69, 9.17) is 10.5 Å². The summed E-state index contributed by atoms with van der Waals surface area (Å²) in [5.41, 5.74) is 7.80. The highest BCUT2D eigenvalue weighted by molar-refractivity contribution is 5.87. The van der Waals surface area contributed by atoms with E-state index in [1.165, 1.54) is 0 Å². The van der Waals surface area contributed by atoms with Crippen LogP contribution in [0.4, 0.5) is 0 Å². The van der Waals surface area contributed by atoms with Gasteiger partial charge in [0.2, 0.25) is 5.91 Å². The zero-order chi connectivity index (χ0) is 29.6. The molecule has 0 bridgehead atoms. The Kier molecular flexibility index (Phi) is 9.69. The van der Waals surface area contributed by atoms with Gasteiger partial charge in [-0.2, -0.15) is 0 Å². The van der Waals surface area contributed by atoms with Crippen molar-refractivity contribution in [3.8, 4) is 11.6 Å². The quantitative estimate of drug-likeness (QED) is 0.246. The molecule has 9 heteroatoms. The van der Waals surface area contributed by atoms with Crippen LogP contribution in [0.1, 0.15) is 56.1 Å². The minimum Gasteiger partial charge on any atom is -0.494 e. The monoisotopic (exact) mass is 576 g/mol. The summed E-state index contributed by atoms with van der Waals surface area (Å²) in [5, 5.41) is 23.2. The van der Waals surface area contributed by atoms with Crippen molar-refractivity contribution in [1.29, 1.82) is 0 Å². The van der Waals surface area contributed by atoms with Gasteiger partial charge in [0.05, 0.1) is 19.1 Å². The summed E-state index contributed by atoms with van der Waals surface area (Å²) in [4.78, 5) is 30.6. The zero-order valence-electron chi connectivity index (χ0n) is 24.6. The molecule has 0 saturated carbocycles. The number of aliphatic carboxylic acids is 1. The lowest BCUT2D eigenvalue weighted by molar-refractivity contribution is -0.144. The Morgan fingerprint density at radius 1 is 1.12 bits per heavy atom. The molecule has 2 aromatic carbocycles. The number of aromatic nitrogens is 1. The van der Waals surface area contributed by atoms with Crippen LogP contribution in [-0.4, -0.2) is 81.8 Å². The largest absolute Gasteiger partial charge is 0.494 e. The first-order valence-electron chi connectivity index (χ1n) is 15.4. The molecule has 1 amide bonds. The van der Waals surface area contributed by atoms with Gasteiger partial charge in [0.25, 0.3) is 0 Å². The van der Waals surface area contributed by atoms with Crippen molar-refractivity contribution < 1.29 is 24.5 Å². The number of amides is 1. The van der Waals surface area contributed by atoms with Crippen molar-refractivity contribution in [3.63, 3.8) is 0 Å². The zero-order valence-corrected chi connectivity index (χ0v) is 24.6. The van der Waals surface area contributed by atoms with Gasteiger partial charge in [0.1, 0.15) is 5.75 Å². The van der Waals surface area contributed by atoms with Crippen LogP contribution in [0.25, 0.3) is 10.8 Å². The highest BCUT2D eigenvalue weighted by Crippen LogP contribution is 2.41. The first-order chi connectivity index (χ1) is 20.4. The smallest absolute Gasteiger partial charge is 0.308 e. The molecule has 3 aromatic rings. The Morgan fingerprint density at radius 3 is 2.69 bits per heavy atom. The van der Waals surface area contributed by atoms with E-state index in [1.807, 2.05) is 47.5 Å². The summed E-state index contributed by atoms with van der Waals surface area (Å²) in [7, 11) is 0. The summed E-state index contributed by atoms with van der Waals surface area (Å²) in [6.07, 6.45) is 6.85. The molecule has 1 fully saturated rings. The van der Waals surface area contributed by atoms with Gasteiger partial charge in [-0.15, -0.1) is 0 Å². The third-order valence-electron chi connectivity index (χ3n) is 8.96. The second-order valence-electron chi connectivity index (χ2n) is 11.7. The third kappa shape index (κ3) is 6.42. The Morgan fingerprint density at radius 2 is 1.93 bits per heavy atom. The second kappa shape index (κ2) is 13.6. The van der Waals surface area contributed by atoms with Gasteiger partial charge in [-0.25, -0.2) is 0 Å². The number of carbonyl (C=O) groups excluding carboxylic acids is 1. The van der Waals surface area contributed by atoms with E-state index in [0.717, 1.165) is 59.8 Å². The van der Waals surface area contributed by atoms with Crippen LogP contribution in [0.15, 0.2) is 48.7 Å². The molecule has 5 rings (SSSR count). The number of nitrogens with zero attached hydrogens (tertiary/aromatic N) is 3. The molecule has 42 heavy (non-hydrogen) atoms. The summed E-state index contributed by atoms with van der Waals surface area (Å²) < 4.78 is 7.49. The highest BCUT2D eigenvalue weighted by atomic mass is 16.5. The molecule has 1 aromatic heterocycles. The molecule has 226 valence electrons. The van der Waals surface area contributed by atoms with Gasteiger partial charge >= 0.3 is 5.97 Å². The Bertz CT molecular complexity index is 1390. The van der Waals surface area contributed by atoms with Crippen LogP contribution in [0.5, 0.6) is 11.6 Å². The number of fused-ring (bicyclic) bond motifs is 2. The minimum atomic E-state index is -0.857. The van der Waals surface area contributed by atoms with E-state index in [1.54, 1.807) is 4.57 Å². The molecular formula is C33H44N4O5. The predicted molar refractivity (Wildman–Crippen MR) is 163 cm³/mol. The number of carbonyl (C=O) groups is 2. The van der Waals surface area contributed by atoms with Crippen LogP contribution < -0.4 is 10.5 Å². The van der Waals surface area contributed by atoms with Gasteiger partial charge in [0, 0.05) is 61.5 Å². The van der Waals surface area contributed by atoms with Crippen LogP contribution in [-0.2, 0) is 22.6 Å². The lowest BCUT2D eigenvalue weighted by Crippen LogP contribution is -2.45. The van der Waals surface area contributed by atoms with Crippen LogP contribution in [0.2, 0.25) is 0 Å². The number of carboxylic acid groups (broad SMARTS) is 1. The predicted octanol–water partition coefficient (Wildman–Crippen LogP) is 4.21. The molecule has 9 nitrogen and oxygen atoms in total. The molecule has 0 aliphatic carbocycles. The summed E-state index contributed by atoms with van der Waals surface area (Å²) >= 11 is 0. The van der Waals surface area contributed by atoms with E-state index >= 15 is 0 Å². The van der Waals surface area contributed by atoms with Crippen LogP contribution in [0.3, 0.4) is 0 Å². The summed E-state index contributed by atoms with van der Waals surface area (Å²) in [5.74, 6) is -0.724. The number of benzene rings is 2. The van der Waals surface area contributed by atoms with E-state index in [9.17, 15) is 19.8 Å². The van der Waals surface area contributed by atoms with Crippen molar-refractivity contribution in [2.75, 3.05) is 39.3 Å². The average molecular weight is 577 g/mol. The topological polar surface area (TPSA) is 121 Å². The average Bonchev–Trinajstić information content (AvgIpc) is 3.69. The van der Waals surface area contributed by atoms with Gasteiger partial charge in [-0.1, -0.05) is 43.7 Å². The van der Waals surface area contributed by atoms with Gasteiger partial charge in [0.15, 0.2) is 5.88 Å². The first-order valence-corrected chi connectivity index (χ1v) is 15.4. The molecule has 3 heterocycles. The number of aryl methyl sites for hydroxylation is 1. The van der Waals surface area contributed by atoms with Crippen LogP contribution in [0, 0.1) is 5.92 Å². The van der Waals surface area contributed by atoms with Crippen molar-refractivity contribution in [2.24, 2.45) is 11.7 Å². The van der Waals surface area contributed by atoms with Gasteiger partial charge < -0.3 is 30.2 Å². The third-order valence-corrected chi connectivity index (χ3v) is 8.96. The number of aromatic hydroxyl groups is 1. The highest BCUT2D eigenvalue weighted by Gasteiger charge is 2.47. The van der Waals surface area contributed by atoms with Gasteiger partial charge in [-0.3, -0.25) is 14.5 Å². The Hall–Kier alpha value is -3.56. The maximum Gasteiger partial charge on any atom is 0.308 e. The number of hydrogen-bond donors (Lipinski definition) is 3. The van der Waals surface area contributed by atoms with Crippen LogP contribution >= 0.6 is 0 Å². The van der Waals surface area contributed by atoms with Crippen molar-refractivity contribution in [1.82, 2.24) is 14.4 Å². The van der Waals surface area contributed by atoms with Crippen molar-refractivity contribution in [2.45, 2.75) is 64.0 Å².